The molecule has 0 spiro atoms. The van der Waals surface area contributed by atoms with Crippen molar-refractivity contribution in [3.63, 3.8) is 0 Å². The van der Waals surface area contributed by atoms with Crippen LogP contribution >= 0.6 is 12.4 Å². The number of nitrogens with zero attached hydrogens (tertiary/aromatic N) is 3. The maximum atomic E-state index is 12.8. The number of halogens is 1. The lowest BCUT2D eigenvalue weighted by atomic mass is 10.0. The molecule has 0 unspecified atom stereocenters. The van der Waals surface area contributed by atoms with Gasteiger partial charge in [-0.2, -0.15) is 0 Å². The molecule has 0 saturated carbocycles. The molecule has 0 bridgehead atoms. The van der Waals surface area contributed by atoms with E-state index in [0.717, 1.165) is 25.9 Å². The summed E-state index contributed by atoms with van der Waals surface area (Å²) >= 11 is 0. The summed E-state index contributed by atoms with van der Waals surface area (Å²) in [7, 11) is 5.04. The van der Waals surface area contributed by atoms with Gasteiger partial charge in [0.05, 0.1) is 31.4 Å². The number of ether oxygens (including phenoxy) is 2. The van der Waals surface area contributed by atoms with E-state index in [0.29, 0.717) is 47.8 Å². The standard InChI is InChI=1S/C20H28N4O4.ClH/c1-21-14-6-9-23(10-7-14)19(25)5-4-8-24-13-22-16-12-18(28-3)17(27-2)11-15(16)20(24)26;/h11-14,21H,4-10H2,1-3H3;1H. The van der Waals surface area contributed by atoms with Crippen molar-refractivity contribution in [3.05, 3.63) is 28.8 Å². The molecule has 1 fully saturated rings. The van der Waals surface area contributed by atoms with Gasteiger partial charge in [-0.05, 0) is 32.4 Å². The third-order valence-electron chi connectivity index (χ3n) is 5.37. The number of methoxy groups -OCH3 is 2. The zero-order valence-electron chi connectivity index (χ0n) is 17.1. The molecule has 1 aromatic heterocycles. The van der Waals surface area contributed by atoms with Gasteiger partial charge in [0.2, 0.25) is 5.91 Å². The highest BCUT2D eigenvalue weighted by atomic mass is 35.5. The van der Waals surface area contributed by atoms with Crippen LogP contribution in [-0.4, -0.2) is 60.8 Å². The summed E-state index contributed by atoms with van der Waals surface area (Å²) in [5.41, 5.74) is 0.413. The quantitative estimate of drug-likeness (QED) is 0.729. The van der Waals surface area contributed by atoms with E-state index in [4.69, 9.17) is 9.47 Å². The molecule has 1 saturated heterocycles. The van der Waals surface area contributed by atoms with E-state index in [1.807, 2.05) is 11.9 Å². The third-order valence-corrected chi connectivity index (χ3v) is 5.37. The van der Waals surface area contributed by atoms with Crippen LogP contribution < -0.4 is 20.3 Å². The highest BCUT2D eigenvalue weighted by Gasteiger charge is 2.21. The average molecular weight is 425 g/mol. The van der Waals surface area contributed by atoms with E-state index in [-0.39, 0.29) is 23.9 Å². The Hall–Kier alpha value is -2.32. The van der Waals surface area contributed by atoms with Crippen molar-refractivity contribution in [3.8, 4) is 11.5 Å². The van der Waals surface area contributed by atoms with Crippen LogP contribution in [0.15, 0.2) is 23.3 Å². The van der Waals surface area contributed by atoms with Gasteiger partial charge in [-0.15, -0.1) is 12.4 Å². The lowest BCUT2D eigenvalue weighted by Crippen LogP contribution is -2.43. The number of likely N-dealkylation sites (tertiary alicyclic amines) is 1. The first kappa shape index (κ1) is 23.0. The normalized spacial score (nSPS) is 14.5. The van der Waals surface area contributed by atoms with E-state index in [9.17, 15) is 9.59 Å². The summed E-state index contributed by atoms with van der Waals surface area (Å²) in [5.74, 6) is 1.18. The summed E-state index contributed by atoms with van der Waals surface area (Å²) in [6.45, 7) is 2.04. The molecule has 1 aliphatic heterocycles. The van der Waals surface area contributed by atoms with Crippen LogP contribution in [0.5, 0.6) is 11.5 Å². The fourth-order valence-corrected chi connectivity index (χ4v) is 3.62. The number of amides is 1. The predicted octanol–water partition coefficient (Wildman–Crippen LogP) is 1.83. The first-order chi connectivity index (χ1) is 13.6. The molecular formula is C20H29ClN4O4. The molecule has 160 valence electrons. The van der Waals surface area contributed by atoms with Gasteiger partial charge in [-0.1, -0.05) is 0 Å². The first-order valence-electron chi connectivity index (χ1n) is 9.63. The largest absolute Gasteiger partial charge is 0.493 e. The van der Waals surface area contributed by atoms with Crippen LogP contribution in [0.2, 0.25) is 0 Å². The molecule has 8 nitrogen and oxygen atoms in total. The number of hydrogen-bond acceptors (Lipinski definition) is 6. The second kappa shape index (κ2) is 10.5. The Morgan fingerprint density at radius 1 is 1.21 bits per heavy atom. The van der Waals surface area contributed by atoms with Crippen LogP contribution in [0, 0.1) is 0 Å². The zero-order chi connectivity index (χ0) is 20.1. The number of hydrogen-bond donors (Lipinski definition) is 1. The molecule has 2 heterocycles. The molecule has 29 heavy (non-hydrogen) atoms. The molecule has 2 aromatic rings. The SMILES string of the molecule is CNC1CCN(C(=O)CCCn2cnc3cc(OC)c(OC)cc3c2=O)CC1.Cl. The summed E-state index contributed by atoms with van der Waals surface area (Å²) in [6.07, 6.45) is 4.54. The van der Waals surface area contributed by atoms with Crippen LogP contribution in [0.1, 0.15) is 25.7 Å². The average Bonchev–Trinajstić information content (AvgIpc) is 2.74. The fraction of sp³-hybridized carbons (Fsp3) is 0.550. The molecular weight excluding hydrogens is 396 g/mol. The first-order valence-corrected chi connectivity index (χ1v) is 9.63. The lowest BCUT2D eigenvalue weighted by molar-refractivity contribution is -0.132. The number of carbonyl (C=O) groups is 1. The monoisotopic (exact) mass is 424 g/mol. The van der Waals surface area contributed by atoms with Gasteiger partial charge in [0.25, 0.3) is 5.56 Å². The van der Waals surface area contributed by atoms with E-state index in [1.165, 1.54) is 13.4 Å². The Labute approximate surface area is 176 Å². The van der Waals surface area contributed by atoms with E-state index in [1.54, 1.807) is 23.8 Å². The van der Waals surface area contributed by atoms with Crippen molar-refractivity contribution < 1.29 is 14.3 Å². The Balaban J connectivity index is 0.00000300. The van der Waals surface area contributed by atoms with E-state index in [2.05, 4.69) is 10.3 Å². The third kappa shape index (κ3) is 5.19. The summed E-state index contributed by atoms with van der Waals surface area (Å²) in [4.78, 5) is 31.5. The van der Waals surface area contributed by atoms with Gasteiger partial charge in [0.15, 0.2) is 11.5 Å². The molecule has 0 aliphatic carbocycles. The van der Waals surface area contributed by atoms with E-state index >= 15 is 0 Å². The van der Waals surface area contributed by atoms with Gasteiger partial charge in [-0.25, -0.2) is 4.98 Å². The Bertz CT molecular complexity index is 894. The van der Waals surface area contributed by atoms with Crippen molar-refractivity contribution in [1.82, 2.24) is 19.8 Å². The molecule has 9 heteroatoms. The molecule has 0 radical (unpaired) electrons. The number of aromatic nitrogens is 2. The van der Waals surface area contributed by atoms with Gasteiger partial charge in [0.1, 0.15) is 0 Å². The molecule has 0 atom stereocenters. The van der Waals surface area contributed by atoms with Crippen LogP contribution in [0.4, 0.5) is 0 Å². The molecule has 1 amide bonds. The highest BCUT2D eigenvalue weighted by molar-refractivity contribution is 5.85. The second-order valence-corrected chi connectivity index (χ2v) is 7.01. The zero-order valence-corrected chi connectivity index (χ0v) is 18.0. The summed E-state index contributed by atoms with van der Waals surface area (Å²) in [6, 6.07) is 3.84. The van der Waals surface area contributed by atoms with Crippen molar-refractivity contribution >= 4 is 29.2 Å². The number of aryl methyl sites for hydroxylation is 1. The molecule has 3 rings (SSSR count). The van der Waals surface area contributed by atoms with Crippen molar-refractivity contribution in [1.29, 1.82) is 0 Å². The van der Waals surface area contributed by atoms with Gasteiger partial charge in [0, 0.05) is 38.2 Å². The number of nitrogens with one attached hydrogen (secondary N) is 1. The fourth-order valence-electron chi connectivity index (χ4n) is 3.62. The Kier molecular flexibility index (Phi) is 8.28. The smallest absolute Gasteiger partial charge is 0.261 e. The van der Waals surface area contributed by atoms with Crippen LogP contribution in [0.25, 0.3) is 10.9 Å². The maximum Gasteiger partial charge on any atom is 0.261 e. The van der Waals surface area contributed by atoms with E-state index < -0.39 is 0 Å². The Morgan fingerprint density at radius 2 is 1.86 bits per heavy atom. The topological polar surface area (TPSA) is 85.7 Å². The van der Waals surface area contributed by atoms with Gasteiger partial charge >= 0.3 is 0 Å². The molecule has 1 N–H and O–H groups in total. The minimum absolute atomic E-state index is 0. The number of carbonyl (C=O) groups excluding carboxylic acids is 1. The van der Waals surface area contributed by atoms with Crippen molar-refractivity contribution in [2.45, 2.75) is 38.3 Å². The van der Waals surface area contributed by atoms with Crippen LogP contribution in [0.3, 0.4) is 0 Å². The number of benzene rings is 1. The molecule has 1 aromatic carbocycles. The van der Waals surface area contributed by atoms with Crippen LogP contribution in [-0.2, 0) is 11.3 Å². The van der Waals surface area contributed by atoms with Gasteiger partial charge < -0.3 is 19.7 Å². The highest BCUT2D eigenvalue weighted by Crippen LogP contribution is 2.29. The number of piperidine rings is 1. The maximum absolute atomic E-state index is 12.8. The molecule has 1 aliphatic rings. The number of fused-ring (bicyclic) bond motifs is 1. The lowest BCUT2D eigenvalue weighted by Gasteiger charge is -2.31. The second-order valence-electron chi connectivity index (χ2n) is 7.01. The minimum atomic E-state index is -0.145. The summed E-state index contributed by atoms with van der Waals surface area (Å²) in [5, 5.41) is 3.74. The van der Waals surface area contributed by atoms with Crippen molar-refractivity contribution in [2.75, 3.05) is 34.4 Å². The Morgan fingerprint density at radius 3 is 2.48 bits per heavy atom. The summed E-state index contributed by atoms with van der Waals surface area (Å²) < 4.78 is 12.1. The van der Waals surface area contributed by atoms with Crippen molar-refractivity contribution in [2.24, 2.45) is 0 Å². The van der Waals surface area contributed by atoms with Gasteiger partial charge in [-0.3, -0.25) is 14.2 Å². The number of rotatable bonds is 7. The minimum Gasteiger partial charge on any atom is -0.493 e. The predicted molar refractivity (Wildman–Crippen MR) is 114 cm³/mol.